The van der Waals surface area contributed by atoms with Crippen LogP contribution in [0.5, 0.6) is 5.75 Å². The first-order valence-corrected chi connectivity index (χ1v) is 7.52. The smallest absolute Gasteiger partial charge is 0.323 e. The van der Waals surface area contributed by atoms with E-state index in [2.05, 4.69) is 17.6 Å². The molecular weight excluding hydrogens is 276 g/mol. The Labute approximate surface area is 132 Å². The maximum atomic E-state index is 11.8. The van der Waals surface area contributed by atoms with Crippen LogP contribution in [-0.4, -0.2) is 13.1 Å². The number of hydrogen-bond donors (Lipinski definition) is 2. The number of carbonyl (C=O) groups is 1. The lowest BCUT2D eigenvalue weighted by Crippen LogP contribution is -2.19. The van der Waals surface area contributed by atoms with E-state index in [0.717, 1.165) is 17.9 Å². The van der Waals surface area contributed by atoms with Gasteiger partial charge in [-0.1, -0.05) is 32.9 Å². The number of amides is 2. The fourth-order valence-electron chi connectivity index (χ4n) is 1.79. The second-order valence-corrected chi connectivity index (χ2v) is 4.36. The molecule has 0 radical (unpaired) electrons. The van der Waals surface area contributed by atoms with Gasteiger partial charge in [0.1, 0.15) is 5.75 Å². The molecule has 2 N–H and O–H groups in total. The average Bonchev–Trinajstić information content (AvgIpc) is 2.58. The molecule has 0 aliphatic carbocycles. The van der Waals surface area contributed by atoms with E-state index in [1.165, 1.54) is 5.56 Å². The van der Waals surface area contributed by atoms with E-state index in [1.54, 1.807) is 31.4 Å². The topological polar surface area (TPSA) is 50.4 Å². The van der Waals surface area contributed by atoms with Gasteiger partial charge >= 0.3 is 6.03 Å². The van der Waals surface area contributed by atoms with Crippen molar-refractivity contribution in [3.05, 3.63) is 54.1 Å². The minimum atomic E-state index is -0.264. The predicted molar refractivity (Wildman–Crippen MR) is 92.8 cm³/mol. The molecule has 0 saturated heterocycles. The highest BCUT2D eigenvalue weighted by Gasteiger charge is 2.02. The van der Waals surface area contributed by atoms with Crippen molar-refractivity contribution in [3.63, 3.8) is 0 Å². The van der Waals surface area contributed by atoms with Gasteiger partial charge in [0.05, 0.1) is 7.11 Å². The number of hydrogen-bond acceptors (Lipinski definition) is 2. The largest absolute Gasteiger partial charge is 0.497 e. The van der Waals surface area contributed by atoms with Crippen LogP contribution < -0.4 is 15.4 Å². The molecule has 2 aromatic carbocycles. The summed E-state index contributed by atoms with van der Waals surface area (Å²) in [5.74, 6) is 0.756. The van der Waals surface area contributed by atoms with Gasteiger partial charge in [0.15, 0.2) is 0 Å². The molecule has 0 heterocycles. The Morgan fingerprint density at radius 2 is 1.36 bits per heavy atom. The highest BCUT2D eigenvalue weighted by Crippen LogP contribution is 2.15. The Balaban J connectivity index is 0.00000116. The number of carbonyl (C=O) groups excluding carboxylic acids is 1. The Bertz CT molecular complexity index is 511. The zero-order valence-corrected chi connectivity index (χ0v) is 13.6. The van der Waals surface area contributed by atoms with Crippen LogP contribution >= 0.6 is 0 Å². The summed E-state index contributed by atoms with van der Waals surface area (Å²) < 4.78 is 5.06. The number of anilines is 2. The van der Waals surface area contributed by atoms with Crippen LogP contribution in [0.1, 0.15) is 26.3 Å². The Kier molecular flexibility index (Phi) is 7.54. The summed E-state index contributed by atoms with van der Waals surface area (Å²) >= 11 is 0. The molecule has 0 spiro atoms. The van der Waals surface area contributed by atoms with Crippen molar-refractivity contribution < 1.29 is 9.53 Å². The molecule has 2 amide bonds. The normalized spacial score (nSPS) is 9.27. The monoisotopic (exact) mass is 300 g/mol. The first kappa shape index (κ1) is 17.6. The molecule has 0 fully saturated rings. The summed E-state index contributed by atoms with van der Waals surface area (Å²) in [5, 5.41) is 5.55. The zero-order valence-electron chi connectivity index (χ0n) is 13.6. The van der Waals surface area contributed by atoms with Gasteiger partial charge in [-0.2, -0.15) is 0 Å². The zero-order chi connectivity index (χ0) is 16.4. The van der Waals surface area contributed by atoms with Gasteiger partial charge in [0.25, 0.3) is 0 Å². The number of benzene rings is 2. The molecule has 22 heavy (non-hydrogen) atoms. The van der Waals surface area contributed by atoms with Gasteiger partial charge in [-0.3, -0.25) is 0 Å². The van der Waals surface area contributed by atoms with Gasteiger partial charge in [-0.15, -0.1) is 0 Å². The SMILES string of the molecule is CC.CCc1ccc(NC(=O)Nc2ccc(OC)cc2)cc1. The van der Waals surface area contributed by atoms with Crippen LogP contribution in [0.25, 0.3) is 0 Å². The highest BCUT2D eigenvalue weighted by atomic mass is 16.5. The lowest BCUT2D eigenvalue weighted by Gasteiger charge is -2.08. The minimum absolute atomic E-state index is 0.264. The number of methoxy groups -OCH3 is 1. The summed E-state index contributed by atoms with van der Waals surface area (Å²) in [4.78, 5) is 11.8. The first-order valence-electron chi connectivity index (χ1n) is 7.52. The molecule has 0 aliphatic heterocycles. The minimum Gasteiger partial charge on any atom is -0.497 e. The molecule has 0 atom stereocenters. The Morgan fingerprint density at radius 3 is 1.77 bits per heavy atom. The third-order valence-electron chi connectivity index (χ3n) is 2.97. The average molecular weight is 300 g/mol. The van der Waals surface area contributed by atoms with Crippen LogP contribution in [0.3, 0.4) is 0 Å². The lowest BCUT2D eigenvalue weighted by molar-refractivity contribution is 0.262. The van der Waals surface area contributed by atoms with Crippen molar-refractivity contribution in [1.82, 2.24) is 0 Å². The van der Waals surface area contributed by atoms with Crippen LogP contribution in [0.4, 0.5) is 16.2 Å². The van der Waals surface area contributed by atoms with E-state index in [0.29, 0.717) is 5.69 Å². The molecule has 0 unspecified atom stereocenters. The van der Waals surface area contributed by atoms with Crippen molar-refractivity contribution in [2.45, 2.75) is 27.2 Å². The predicted octanol–water partition coefficient (Wildman–Crippen LogP) is 4.93. The molecular formula is C18H24N2O2. The quantitative estimate of drug-likeness (QED) is 0.841. The van der Waals surface area contributed by atoms with E-state index in [1.807, 2.05) is 38.1 Å². The van der Waals surface area contributed by atoms with Gasteiger partial charge in [-0.05, 0) is 48.4 Å². The molecule has 118 valence electrons. The van der Waals surface area contributed by atoms with E-state index in [9.17, 15) is 4.79 Å². The van der Waals surface area contributed by atoms with E-state index in [4.69, 9.17) is 4.74 Å². The lowest BCUT2D eigenvalue weighted by atomic mass is 10.1. The van der Waals surface area contributed by atoms with Gasteiger partial charge in [0, 0.05) is 11.4 Å². The molecule has 4 heteroatoms. The van der Waals surface area contributed by atoms with Crippen molar-refractivity contribution in [2.24, 2.45) is 0 Å². The van der Waals surface area contributed by atoms with Crippen LogP contribution in [0.15, 0.2) is 48.5 Å². The van der Waals surface area contributed by atoms with Gasteiger partial charge < -0.3 is 15.4 Å². The van der Waals surface area contributed by atoms with Crippen LogP contribution in [-0.2, 0) is 6.42 Å². The van der Waals surface area contributed by atoms with Crippen molar-refractivity contribution in [3.8, 4) is 5.75 Å². The summed E-state index contributed by atoms with van der Waals surface area (Å²) in [7, 11) is 1.61. The number of urea groups is 1. The first-order chi connectivity index (χ1) is 10.7. The second kappa shape index (κ2) is 9.45. The highest BCUT2D eigenvalue weighted by molar-refractivity contribution is 5.99. The Morgan fingerprint density at radius 1 is 0.909 bits per heavy atom. The fourth-order valence-corrected chi connectivity index (χ4v) is 1.79. The van der Waals surface area contributed by atoms with Crippen molar-refractivity contribution in [2.75, 3.05) is 17.7 Å². The number of ether oxygens (including phenoxy) is 1. The third kappa shape index (κ3) is 5.48. The van der Waals surface area contributed by atoms with Gasteiger partial charge in [0.2, 0.25) is 0 Å². The van der Waals surface area contributed by atoms with Crippen molar-refractivity contribution in [1.29, 1.82) is 0 Å². The number of nitrogens with one attached hydrogen (secondary N) is 2. The molecule has 0 saturated carbocycles. The summed E-state index contributed by atoms with van der Waals surface area (Å²) in [6.07, 6.45) is 0.984. The third-order valence-corrected chi connectivity index (χ3v) is 2.97. The number of aryl methyl sites for hydroxylation is 1. The summed E-state index contributed by atoms with van der Waals surface area (Å²) in [5.41, 5.74) is 2.73. The van der Waals surface area contributed by atoms with E-state index < -0.39 is 0 Å². The summed E-state index contributed by atoms with van der Waals surface area (Å²) in [6, 6.07) is 14.7. The molecule has 2 rings (SSSR count). The van der Waals surface area contributed by atoms with Crippen LogP contribution in [0, 0.1) is 0 Å². The maximum Gasteiger partial charge on any atom is 0.323 e. The molecule has 0 aromatic heterocycles. The summed E-state index contributed by atoms with van der Waals surface area (Å²) in [6.45, 7) is 6.10. The van der Waals surface area contributed by atoms with Crippen molar-refractivity contribution >= 4 is 17.4 Å². The maximum absolute atomic E-state index is 11.8. The standard InChI is InChI=1S/C16H18N2O2.C2H6/c1-3-12-4-6-13(7-5-12)17-16(19)18-14-8-10-15(20-2)11-9-14;1-2/h4-11H,3H2,1-2H3,(H2,17,18,19);1-2H3. The molecule has 2 aromatic rings. The number of rotatable bonds is 4. The van der Waals surface area contributed by atoms with Crippen LogP contribution in [0.2, 0.25) is 0 Å². The van der Waals surface area contributed by atoms with E-state index in [-0.39, 0.29) is 6.03 Å². The molecule has 0 aliphatic rings. The molecule has 4 nitrogen and oxygen atoms in total. The van der Waals surface area contributed by atoms with E-state index >= 15 is 0 Å². The fraction of sp³-hybridized carbons (Fsp3) is 0.278. The Hall–Kier alpha value is -2.49. The molecule has 0 bridgehead atoms. The van der Waals surface area contributed by atoms with Gasteiger partial charge in [-0.25, -0.2) is 4.79 Å². The second-order valence-electron chi connectivity index (χ2n) is 4.36.